The van der Waals surface area contributed by atoms with E-state index in [1.807, 2.05) is 24.3 Å². The Hall–Kier alpha value is -0.740. The van der Waals surface area contributed by atoms with Gasteiger partial charge in [-0.25, -0.2) is 4.99 Å². The number of hydrogen-bond donors (Lipinski definition) is 2. The fourth-order valence-corrected chi connectivity index (χ4v) is 0.929. The Morgan fingerprint density at radius 2 is 1.67 bits per heavy atom. The molecule has 0 amide bonds. The molecule has 1 aromatic rings. The Bertz CT molecular complexity index is 266. The van der Waals surface area contributed by atoms with Crippen LogP contribution in [0.4, 0.5) is 5.69 Å². The van der Waals surface area contributed by atoms with Crippen molar-refractivity contribution in [3.05, 3.63) is 28.7 Å². The van der Waals surface area contributed by atoms with Crippen molar-refractivity contribution < 1.29 is 0 Å². The molecule has 66 valence electrons. The van der Waals surface area contributed by atoms with Gasteiger partial charge in [0, 0.05) is 4.47 Å². The van der Waals surface area contributed by atoms with Gasteiger partial charge >= 0.3 is 0 Å². The van der Waals surface area contributed by atoms with Gasteiger partial charge in [0.15, 0.2) is 5.96 Å². The van der Waals surface area contributed by atoms with E-state index < -0.39 is 0 Å². The Morgan fingerprint density at radius 1 is 1.17 bits per heavy atom. The van der Waals surface area contributed by atoms with Crippen LogP contribution in [0.5, 0.6) is 0 Å². The van der Waals surface area contributed by atoms with E-state index in [0.717, 1.165) is 10.2 Å². The Balaban J connectivity index is 0.00000121. The zero-order valence-corrected chi connectivity index (χ0v) is 8.60. The van der Waals surface area contributed by atoms with Crippen molar-refractivity contribution in [2.24, 2.45) is 16.5 Å². The highest BCUT2D eigenvalue weighted by Gasteiger charge is 1.88. The lowest BCUT2D eigenvalue weighted by Crippen LogP contribution is -2.21. The molecule has 0 unspecified atom stereocenters. The molecule has 0 heterocycles. The van der Waals surface area contributed by atoms with Crippen LogP contribution in [0.1, 0.15) is 0 Å². The summed E-state index contributed by atoms with van der Waals surface area (Å²) in [5.41, 5.74) is 11.1. The monoisotopic (exact) mass is 249 g/mol. The van der Waals surface area contributed by atoms with Gasteiger partial charge in [-0.05, 0) is 24.3 Å². The normalized spacial score (nSPS) is 8.42. The van der Waals surface area contributed by atoms with Crippen LogP contribution >= 0.6 is 28.3 Å². The van der Waals surface area contributed by atoms with Gasteiger partial charge in [0.05, 0.1) is 5.69 Å². The van der Waals surface area contributed by atoms with Crippen LogP contribution in [0.15, 0.2) is 33.7 Å². The third kappa shape index (κ3) is 3.59. The summed E-state index contributed by atoms with van der Waals surface area (Å²) in [6.07, 6.45) is 0. The van der Waals surface area contributed by atoms with E-state index in [2.05, 4.69) is 20.9 Å². The molecule has 0 aliphatic carbocycles. The summed E-state index contributed by atoms with van der Waals surface area (Å²) < 4.78 is 1.01. The van der Waals surface area contributed by atoms with Crippen molar-refractivity contribution in [3.63, 3.8) is 0 Å². The molecule has 1 rings (SSSR count). The first kappa shape index (κ1) is 11.3. The molecular formula is C7H9BrClN3. The molecule has 0 aliphatic rings. The number of nitrogens with two attached hydrogens (primary N) is 2. The van der Waals surface area contributed by atoms with Crippen molar-refractivity contribution in [3.8, 4) is 0 Å². The number of guanidine groups is 1. The molecule has 0 atom stereocenters. The maximum absolute atomic E-state index is 5.18. The van der Waals surface area contributed by atoms with Crippen LogP contribution in [0.25, 0.3) is 0 Å². The summed E-state index contributed by atoms with van der Waals surface area (Å²) in [6.45, 7) is 0. The van der Waals surface area contributed by atoms with E-state index in [4.69, 9.17) is 11.5 Å². The summed E-state index contributed by atoms with van der Waals surface area (Å²) in [7, 11) is 0. The summed E-state index contributed by atoms with van der Waals surface area (Å²) >= 11 is 3.30. The Kier molecular flexibility index (Phi) is 4.70. The molecule has 12 heavy (non-hydrogen) atoms. The second kappa shape index (κ2) is 5.00. The lowest BCUT2D eigenvalue weighted by atomic mass is 10.3. The van der Waals surface area contributed by atoms with Crippen molar-refractivity contribution >= 4 is 40.0 Å². The molecule has 5 heteroatoms. The second-order valence-corrected chi connectivity index (χ2v) is 2.93. The number of hydrogen-bond acceptors (Lipinski definition) is 1. The largest absolute Gasteiger partial charge is 0.370 e. The lowest BCUT2D eigenvalue weighted by Gasteiger charge is -1.93. The van der Waals surface area contributed by atoms with Crippen molar-refractivity contribution in [2.45, 2.75) is 0 Å². The van der Waals surface area contributed by atoms with Gasteiger partial charge in [0.2, 0.25) is 0 Å². The highest BCUT2D eigenvalue weighted by atomic mass is 79.9. The minimum atomic E-state index is 0. The maximum Gasteiger partial charge on any atom is 0.191 e. The van der Waals surface area contributed by atoms with E-state index in [9.17, 15) is 0 Å². The van der Waals surface area contributed by atoms with Crippen LogP contribution in [0, 0.1) is 0 Å². The van der Waals surface area contributed by atoms with Crippen molar-refractivity contribution in [1.82, 2.24) is 0 Å². The molecule has 4 N–H and O–H groups in total. The molecule has 0 radical (unpaired) electrons. The topological polar surface area (TPSA) is 64.4 Å². The maximum atomic E-state index is 5.18. The number of nitrogens with zero attached hydrogens (tertiary/aromatic N) is 1. The van der Waals surface area contributed by atoms with E-state index in [-0.39, 0.29) is 18.4 Å². The number of halogens is 2. The smallest absolute Gasteiger partial charge is 0.191 e. The average molecular weight is 251 g/mol. The fourth-order valence-electron chi connectivity index (χ4n) is 0.665. The zero-order valence-electron chi connectivity index (χ0n) is 6.20. The average Bonchev–Trinajstić information content (AvgIpc) is 1.93. The molecule has 0 saturated carbocycles. The molecule has 0 aliphatic heterocycles. The predicted octanol–water partition coefficient (Wildman–Crippen LogP) is 1.78. The molecular weight excluding hydrogens is 241 g/mol. The molecule has 1 aromatic carbocycles. The summed E-state index contributed by atoms with van der Waals surface area (Å²) in [5.74, 6) is 0.0762. The summed E-state index contributed by atoms with van der Waals surface area (Å²) in [5, 5.41) is 0. The third-order valence-corrected chi connectivity index (χ3v) is 1.61. The van der Waals surface area contributed by atoms with Crippen LogP contribution < -0.4 is 11.5 Å². The van der Waals surface area contributed by atoms with E-state index in [0.29, 0.717) is 0 Å². The quantitative estimate of drug-likeness (QED) is 0.589. The lowest BCUT2D eigenvalue weighted by molar-refractivity contribution is 1.42. The molecule has 0 spiro atoms. The van der Waals surface area contributed by atoms with Crippen molar-refractivity contribution in [1.29, 1.82) is 0 Å². The molecule has 0 saturated heterocycles. The molecule has 3 nitrogen and oxygen atoms in total. The van der Waals surface area contributed by atoms with Gasteiger partial charge in [-0.1, -0.05) is 15.9 Å². The minimum absolute atomic E-state index is 0. The number of benzene rings is 1. The van der Waals surface area contributed by atoms with E-state index in [1.54, 1.807) is 0 Å². The van der Waals surface area contributed by atoms with E-state index in [1.165, 1.54) is 0 Å². The van der Waals surface area contributed by atoms with Crippen LogP contribution in [-0.2, 0) is 0 Å². The second-order valence-electron chi connectivity index (χ2n) is 2.01. The molecule has 0 aromatic heterocycles. The zero-order chi connectivity index (χ0) is 8.27. The molecule has 0 fully saturated rings. The predicted molar refractivity (Wildman–Crippen MR) is 56.9 cm³/mol. The number of aliphatic imine (C=N–C) groups is 1. The van der Waals surface area contributed by atoms with Gasteiger partial charge in [-0.15, -0.1) is 12.4 Å². The highest BCUT2D eigenvalue weighted by Crippen LogP contribution is 2.15. The first-order valence-electron chi connectivity index (χ1n) is 3.03. The summed E-state index contributed by atoms with van der Waals surface area (Å²) in [6, 6.07) is 7.40. The Labute approximate surface area is 85.4 Å². The van der Waals surface area contributed by atoms with Gasteiger partial charge < -0.3 is 11.5 Å². The van der Waals surface area contributed by atoms with Gasteiger partial charge in [0.1, 0.15) is 0 Å². The molecule has 0 bridgehead atoms. The summed E-state index contributed by atoms with van der Waals surface area (Å²) in [4.78, 5) is 3.85. The van der Waals surface area contributed by atoms with Gasteiger partial charge in [-0.2, -0.15) is 0 Å². The van der Waals surface area contributed by atoms with Gasteiger partial charge in [-0.3, -0.25) is 0 Å². The van der Waals surface area contributed by atoms with Crippen LogP contribution in [-0.4, -0.2) is 5.96 Å². The first-order chi connectivity index (χ1) is 5.18. The van der Waals surface area contributed by atoms with Crippen LogP contribution in [0.3, 0.4) is 0 Å². The fraction of sp³-hybridized carbons (Fsp3) is 0. The van der Waals surface area contributed by atoms with Crippen LogP contribution in [0.2, 0.25) is 0 Å². The van der Waals surface area contributed by atoms with Crippen molar-refractivity contribution in [2.75, 3.05) is 0 Å². The SMILES string of the molecule is Cl.NC(N)=Nc1ccc(Br)cc1. The highest BCUT2D eigenvalue weighted by molar-refractivity contribution is 9.10. The Morgan fingerprint density at radius 3 is 2.08 bits per heavy atom. The first-order valence-corrected chi connectivity index (χ1v) is 3.83. The standard InChI is InChI=1S/C7H8BrN3.ClH/c8-5-1-3-6(4-2-5)11-7(9)10;/h1-4H,(H4,9,10,11);1H. The minimum Gasteiger partial charge on any atom is -0.370 e. The van der Waals surface area contributed by atoms with Gasteiger partial charge in [0.25, 0.3) is 0 Å². The van der Waals surface area contributed by atoms with E-state index >= 15 is 0 Å². The number of rotatable bonds is 1. The third-order valence-electron chi connectivity index (χ3n) is 1.08.